The fourth-order valence-electron chi connectivity index (χ4n) is 2.92. The zero-order valence-corrected chi connectivity index (χ0v) is 13.5. The third-order valence-corrected chi connectivity index (χ3v) is 4.49. The highest BCUT2D eigenvalue weighted by Crippen LogP contribution is 2.31. The van der Waals surface area contributed by atoms with Gasteiger partial charge in [0.15, 0.2) is 0 Å². The zero-order valence-electron chi connectivity index (χ0n) is 12.0. The molecule has 1 heterocycles. The number of fused-ring (bicyclic) bond motifs is 3. The molecule has 3 aromatic carbocycles. The molecule has 1 aromatic heterocycles. The van der Waals surface area contributed by atoms with Crippen LogP contribution in [0.1, 0.15) is 10.4 Å². The Morgan fingerprint density at radius 2 is 1.35 bits per heavy atom. The first kappa shape index (κ1) is 14.3. The summed E-state index contributed by atoms with van der Waals surface area (Å²) in [5.41, 5.74) is 2.16. The van der Waals surface area contributed by atoms with Gasteiger partial charge in [-0.1, -0.05) is 59.6 Å². The molecule has 0 aliphatic rings. The first-order valence-electron chi connectivity index (χ1n) is 7.15. The fraction of sp³-hybridized carbons (Fsp3) is 0. The van der Waals surface area contributed by atoms with Crippen molar-refractivity contribution in [3.8, 4) is 0 Å². The second-order valence-electron chi connectivity index (χ2n) is 5.30. The predicted octanol–water partition coefficient (Wildman–Crippen LogP) is 5.79. The Kier molecular flexibility index (Phi) is 3.37. The molecule has 4 rings (SSSR count). The highest BCUT2D eigenvalue weighted by atomic mass is 35.5. The first-order valence-corrected chi connectivity index (χ1v) is 7.90. The second-order valence-corrected chi connectivity index (χ2v) is 6.14. The van der Waals surface area contributed by atoms with E-state index in [1.54, 1.807) is 22.8 Å². The lowest BCUT2D eigenvalue weighted by Gasteiger charge is -2.08. The van der Waals surface area contributed by atoms with Crippen molar-refractivity contribution < 1.29 is 4.79 Å². The van der Waals surface area contributed by atoms with Gasteiger partial charge in [-0.05, 0) is 30.3 Å². The van der Waals surface area contributed by atoms with Crippen molar-refractivity contribution in [2.24, 2.45) is 0 Å². The summed E-state index contributed by atoms with van der Waals surface area (Å²) in [7, 11) is 0. The second kappa shape index (κ2) is 5.41. The number of hydrogen-bond acceptors (Lipinski definition) is 1. The lowest BCUT2D eigenvalue weighted by Crippen LogP contribution is -2.12. The van der Waals surface area contributed by atoms with E-state index >= 15 is 0 Å². The number of aromatic nitrogens is 1. The fourth-order valence-corrected chi connectivity index (χ4v) is 3.41. The molecule has 0 spiro atoms. The van der Waals surface area contributed by atoms with Gasteiger partial charge in [-0.15, -0.1) is 0 Å². The topological polar surface area (TPSA) is 22.0 Å². The smallest absolute Gasteiger partial charge is 0.264 e. The molecule has 4 heteroatoms. The average Bonchev–Trinajstić information content (AvgIpc) is 2.89. The summed E-state index contributed by atoms with van der Waals surface area (Å²) in [6.45, 7) is 0. The van der Waals surface area contributed by atoms with Gasteiger partial charge in [0.05, 0.1) is 21.6 Å². The molecule has 0 amide bonds. The quantitative estimate of drug-likeness (QED) is 0.430. The lowest BCUT2D eigenvalue weighted by atomic mass is 10.2. The van der Waals surface area contributed by atoms with E-state index in [-0.39, 0.29) is 5.91 Å². The molecule has 0 aliphatic carbocycles. The molecule has 0 bridgehead atoms. The molecule has 0 radical (unpaired) electrons. The van der Waals surface area contributed by atoms with Crippen molar-refractivity contribution in [1.82, 2.24) is 4.57 Å². The number of halogens is 2. The number of para-hydroxylation sites is 2. The number of hydrogen-bond donors (Lipinski definition) is 0. The molecular weight excluding hydrogens is 329 g/mol. The SMILES string of the molecule is O=C(c1ccc(Cl)cc1Cl)n1c2ccccc2c2ccccc21. The predicted molar refractivity (Wildman–Crippen MR) is 95.6 cm³/mol. The molecule has 0 aliphatic heterocycles. The molecule has 0 unspecified atom stereocenters. The Morgan fingerprint density at radius 3 is 1.91 bits per heavy atom. The Labute approximate surface area is 142 Å². The van der Waals surface area contributed by atoms with Gasteiger partial charge in [0.25, 0.3) is 5.91 Å². The summed E-state index contributed by atoms with van der Waals surface area (Å²) < 4.78 is 1.71. The molecule has 0 fully saturated rings. The number of nitrogens with zero attached hydrogens (tertiary/aromatic N) is 1. The summed E-state index contributed by atoms with van der Waals surface area (Å²) in [6.07, 6.45) is 0. The van der Waals surface area contributed by atoms with Crippen LogP contribution in [0.25, 0.3) is 21.8 Å². The Balaban J connectivity index is 2.05. The van der Waals surface area contributed by atoms with E-state index in [0.29, 0.717) is 15.6 Å². The van der Waals surface area contributed by atoms with Crippen molar-refractivity contribution in [3.63, 3.8) is 0 Å². The van der Waals surface area contributed by atoms with Crippen LogP contribution in [-0.4, -0.2) is 10.5 Å². The normalized spacial score (nSPS) is 11.2. The van der Waals surface area contributed by atoms with Gasteiger partial charge in [-0.2, -0.15) is 0 Å². The van der Waals surface area contributed by atoms with Crippen LogP contribution >= 0.6 is 23.2 Å². The highest BCUT2D eigenvalue weighted by molar-refractivity contribution is 6.37. The van der Waals surface area contributed by atoms with Crippen molar-refractivity contribution >= 4 is 50.9 Å². The van der Waals surface area contributed by atoms with Crippen LogP contribution in [0.4, 0.5) is 0 Å². The number of rotatable bonds is 1. The number of carbonyl (C=O) groups excluding carboxylic acids is 1. The summed E-state index contributed by atoms with van der Waals surface area (Å²) in [6, 6.07) is 20.6. The highest BCUT2D eigenvalue weighted by Gasteiger charge is 2.19. The monoisotopic (exact) mass is 339 g/mol. The molecule has 0 saturated heterocycles. The molecule has 23 heavy (non-hydrogen) atoms. The number of benzene rings is 3. The van der Waals surface area contributed by atoms with Crippen LogP contribution in [0.15, 0.2) is 66.7 Å². The van der Waals surface area contributed by atoms with E-state index in [1.165, 1.54) is 0 Å². The van der Waals surface area contributed by atoms with Gasteiger partial charge in [0, 0.05) is 15.8 Å². The molecule has 0 saturated carbocycles. The summed E-state index contributed by atoms with van der Waals surface area (Å²) >= 11 is 12.2. The Morgan fingerprint density at radius 1 is 0.783 bits per heavy atom. The van der Waals surface area contributed by atoms with Crippen LogP contribution < -0.4 is 0 Å². The molecular formula is C19H11Cl2NO. The van der Waals surface area contributed by atoms with Crippen LogP contribution in [0.2, 0.25) is 10.0 Å². The summed E-state index contributed by atoms with van der Waals surface area (Å²) in [5, 5.41) is 2.95. The van der Waals surface area contributed by atoms with Gasteiger partial charge in [0.1, 0.15) is 0 Å². The molecule has 112 valence electrons. The average molecular weight is 340 g/mol. The summed E-state index contributed by atoms with van der Waals surface area (Å²) in [4.78, 5) is 13.1. The molecule has 4 aromatic rings. The van der Waals surface area contributed by atoms with E-state index in [9.17, 15) is 4.79 Å². The third kappa shape index (κ3) is 2.23. The lowest BCUT2D eigenvalue weighted by molar-refractivity contribution is 0.0969. The van der Waals surface area contributed by atoms with Crippen molar-refractivity contribution in [3.05, 3.63) is 82.3 Å². The van der Waals surface area contributed by atoms with Gasteiger partial charge < -0.3 is 0 Å². The Hall–Kier alpha value is -2.29. The van der Waals surface area contributed by atoms with E-state index in [4.69, 9.17) is 23.2 Å². The third-order valence-electron chi connectivity index (χ3n) is 3.94. The Bertz CT molecular complexity index is 1010. The molecule has 0 N–H and O–H groups in total. The largest absolute Gasteiger partial charge is 0.276 e. The van der Waals surface area contributed by atoms with E-state index < -0.39 is 0 Å². The van der Waals surface area contributed by atoms with Crippen molar-refractivity contribution in [2.45, 2.75) is 0 Å². The minimum absolute atomic E-state index is 0.163. The summed E-state index contributed by atoms with van der Waals surface area (Å²) in [5.74, 6) is -0.163. The van der Waals surface area contributed by atoms with Crippen LogP contribution in [0.3, 0.4) is 0 Å². The minimum Gasteiger partial charge on any atom is -0.276 e. The van der Waals surface area contributed by atoms with Crippen molar-refractivity contribution in [1.29, 1.82) is 0 Å². The molecule has 0 atom stereocenters. The van der Waals surface area contributed by atoms with Gasteiger partial charge in [0.2, 0.25) is 0 Å². The van der Waals surface area contributed by atoms with Crippen molar-refractivity contribution in [2.75, 3.05) is 0 Å². The van der Waals surface area contributed by atoms with Crippen LogP contribution in [0.5, 0.6) is 0 Å². The van der Waals surface area contributed by atoms with E-state index in [1.807, 2.05) is 48.5 Å². The zero-order chi connectivity index (χ0) is 16.0. The standard InChI is InChI=1S/C19H11Cl2NO/c20-12-9-10-15(16(21)11-12)19(23)22-17-7-3-1-5-13(17)14-6-2-4-8-18(14)22/h1-11H. The minimum atomic E-state index is -0.163. The van der Waals surface area contributed by atoms with E-state index in [0.717, 1.165) is 21.8 Å². The van der Waals surface area contributed by atoms with E-state index in [2.05, 4.69) is 0 Å². The van der Waals surface area contributed by atoms with Crippen LogP contribution in [-0.2, 0) is 0 Å². The maximum absolute atomic E-state index is 13.1. The molecule has 2 nitrogen and oxygen atoms in total. The van der Waals surface area contributed by atoms with Gasteiger partial charge in [-0.3, -0.25) is 9.36 Å². The number of carbonyl (C=O) groups is 1. The first-order chi connectivity index (χ1) is 11.2. The van der Waals surface area contributed by atoms with Gasteiger partial charge in [-0.25, -0.2) is 0 Å². The van der Waals surface area contributed by atoms with Crippen LogP contribution in [0, 0.1) is 0 Å². The maximum atomic E-state index is 13.1. The maximum Gasteiger partial charge on any atom is 0.264 e. The van der Waals surface area contributed by atoms with Gasteiger partial charge >= 0.3 is 0 Å².